The number of halogens is 2. The van der Waals surface area contributed by atoms with Crippen molar-refractivity contribution < 1.29 is 36.2 Å². The standard InChI is InChI=1S/C35H52ClFN4O7SSi2/c1-10-49(42,43)22-15-21-11-12-25(29(21)24(37)16-22)38-32-23(36)17-26-33(40-32)41(20-44-13-14-50(5,6)7)34(39-26)47-27-18-45-31-28(19-46-30(27)31)48-51(8,9)35(2,3)4/h15-17,25,27-28,30-31H,10-14,18-20H2,1-9H3,(H,38,40)/t25?,27-,28-,30-,31-/m1/s1. The minimum Gasteiger partial charge on any atom is -0.456 e. The van der Waals surface area contributed by atoms with Gasteiger partial charge in [-0.2, -0.15) is 4.98 Å². The van der Waals surface area contributed by atoms with Gasteiger partial charge in [-0.1, -0.05) is 58.9 Å². The number of benzene rings is 1. The molecule has 0 bridgehead atoms. The number of hydrogen-bond acceptors (Lipinski definition) is 10. The van der Waals surface area contributed by atoms with Crippen LogP contribution in [-0.4, -0.2) is 89.3 Å². The Morgan fingerprint density at radius 1 is 1.06 bits per heavy atom. The highest BCUT2D eigenvalue weighted by Gasteiger charge is 2.52. The molecule has 4 heterocycles. The van der Waals surface area contributed by atoms with E-state index in [-0.39, 0.29) is 40.7 Å². The van der Waals surface area contributed by atoms with Gasteiger partial charge in [-0.25, -0.2) is 17.8 Å². The first kappa shape index (κ1) is 38.6. The van der Waals surface area contributed by atoms with Crippen molar-refractivity contribution in [1.29, 1.82) is 0 Å². The molecule has 3 aromatic rings. The van der Waals surface area contributed by atoms with Crippen LogP contribution in [0.4, 0.5) is 10.2 Å². The van der Waals surface area contributed by atoms with Gasteiger partial charge < -0.3 is 28.7 Å². The maximum Gasteiger partial charge on any atom is 0.301 e. The van der Waals surface area contributed by atoms with Crippen molar-refractivity contribution in [1.82, 2.24) is 14.5 Å². The van der Waals surface area contributed by atoms with Gasteiger partial charge >= 0.3 is 6.01 Å². The number of aromatic nitrogens is 3. The number of imidazole rings is 1. The summed E-state index contributed by atoms with van der Waals surface area (Å²) >= 11 is 6.77. The number of pyridine rings is 1. The fourth-order valence-electron chi connectivity index (χ4n) is 6.51. The Kier molecular flexibility index (Phi) is 10.8. The van der Waals surface area contributed by atoms with Crippen molar-refractivity contribution in [2.24, 2.45) is 0 Å². The molecule has 0 amide bonds. The van der Waals surface area contributed by atoms with Crippen LogP contribution in [0.1, 0.15) is 51.3 Å². The molecule has 16 heteroatoms. The predicted molar refractivity (Wildman–Crippen MR) is 201 cm³/mol. The molecule has 2 aromatic heterocycles. The second kappa shape index (κ2) is 14.3. The number of fused-ring (bicyclic) bond motifs is 3. The summed E-state index contributed by atoms with van der Waals surface area (Å²) in [5, 5.41) is 3.70. The maximum atomic E-state index is 15.5. The molecule has 0 radical (unpaired) electrons. The lowest BCUT2D eigenvalue weighted by molar-refractivity contribution is 0.00687. The maximum absolute atomic E-state index is 15.5. The van der Waals surface area contributed by atoms with Gasteiger partial charge in [0.2, 0.25) is 0 Å². The molecule has 2 fully saturated rings. The summed E-state index contributed by atoms with van der Waals surface area (Å²) < 4.78 is 74.1. The monoisotopic (exact) mass is 782 g/mol. The van der Waals surface area contributed by atoms with E-state index in [2.05, 4.69) is 58.8 Å². The molecular formula is C35H52ClFN4O7SSi2. The van der Waals surface area contributed by atoms with Crippen molar-refractivity contribution in [3.8, 4) is 6.01 Å². The van der Waals surface area contributed by atoms with Crippen LogP contribution in [0.15, 0.2) is 23.1 Å². The summed E-state index contributed by atoms with van der Waals surface area (Å²) in [6, 6.07) is 5.26. The van der Waals surface area contributed by atoms with Crippen LogP contribution in [0.25, 0.3) is 11.2 Å². The third-order valence-electron chi connectivity index (χ3n) is 10.6. The summed E-state index contributed by atoms with van der Waals surface area (Å²) in [4.78, 5) is 9.69. The van der Waals surface area contributed by atoms with E-state index in [1.165, 1.54) is 0 Å². The van der Waals surface area contributed by atoms with Gasteiger partial charge in [0.25, 0.3) is 0 Å². The van der Waals surface area contributed by atoms with Crippen LogP contribution < -0.4 is 10.1 Å². The van der Waals surface area contributed by atoms with Gasteiger partial charge in [-0.3, -0.25) is 4.57 Å². The Morgan fingerprint density at radius 2 is 1.75 bits per heavy atom. The highest BCUT2D eigenvalue weighted by Crippen LogP contribution is 2.42. The first-order valence-corrected chi connectivity index (χ1v) is 26.5. The smallest absolute Gasteiger partial charge is 0.301 e. The zero-order chi connectivity index (χ0) is 37.1. The first-order chi connectivity index (χ1) is 23.8. The topological polar surface area (TPSA) is 123 Å². The molecule has 1 aromatic carbocycles. The average molecular weight is 784 g/mol. The van der Waals surface area contributed by atoms with Gasteiger partial charge in [0, 0.05) is 20.2 Å². The van der Waals surface area contributed by atoms with Crippen molar-refractivity contribution in [3.63, 3.8) is 0 Å². The number of nitrogens with zero attached hydrogens (tertiary/aromatic N) is 3. The molecule has 1 N–H and O–H groups in total. The fourth-order valence-corrected chi connectivity index (χ4v) is 9.72. The zero-order valence-corrected chi connectivity index (χ0v) is 34.7. The summed E-state index contributed by atoms with van der Waals surface area (Å²) in [6.45, 7) is 21.0. The second-order valence-corrected chi connectivity index (χ2v) is 29.7. The Morgan fingerprint density at radius 3 is 2.41 bits per heavy atom. The van der Waals surface area contributed by atoms with E-state index in [1.807, 2.05) is 0 Å². The minimum atomic E-state index is -3.55. The molecule has 2 aliphatic heterocycles. The third-order valence-corrected chi connectivity index (χ3v) is 18.8. The van der Waals surface area contributed by atoms with Crippen molar-refractivity contribution in [3.05, 3.63) is 40.2 Å². The molecule has 282 valence electrons. The number of ether oxygens (including phenoxy) is 4. The number of nitrogens with one attached hydrogen (secondary N) is 1. The molecule has 1 aliphatic carbocycles. The van der Waals surface area contributed by atoms with Crippen LogP contribution >= 0.6 is 11.6 Å². The van der Waals surface area contributed by atoms with Gasteiger partial charge in [-0.15, -0.1) is 0 Å². The molecule has 1 unspecified atom stereocenters. The lowest BCUT2D eigenvalue weighted by Gasteiger charge is -2.39. The lowest BCUT2D eigenvalue weighted by atomic mass is 10.1. The Hall–Kier alpha value is -2.12. The van der Waals surface area contributed by atoms with Gasteiger partial charge in [-0.05, 0) is 60.8 Å². The minimum absolute atomic E-state index is 0.00525. The number of rotatable bonds is 13. The van der Waals surface area contributed by atoms with E-state index in [9.17, 15) is 8.42 Å². The highest BCUT2D eigenvalue weighted by molar-refractivity contribution is 7.91. The molecule has 0 spiro atoms. The molecule has 3 aliphatic rings. The van der Waals surface area contributed by atoms with E-state index in [0.29, 0.717) is 71.8 Å². The van der Waals surface area contributed by atoms with Crippen molar-refractivity contribution in [2.45, 2.75) is 126 Å². The van der Waals surface area contributed by atoms with Gasteiger partial charge in [0.1, 0.15) is 36.1 Å². The number of sulfone groups is 1. The molecule has 0 saturated carbocycles. The van der Waals surface area contributed by atoms with E-state index in [4.69, 9.17) is 44.9 Å². The fraction of sp³-hybridized carbons (Fsp3) is 0.657. The molecule has 51 heavy (non-hydrogen) atoms. The van der Waals surface area contributed by atoms with Gasteiger partial charge in [0.15, 0.2) is 29.9 Å². The molecule has 5 atom stereocenters. The first-order valence-electron chi connectivity index (χ1n) is 17.8. The van der Waals surface area contributed by atoms with E-state index >= 15 is 4.39 Å². The zero-order valence-electron chi connectivity index (χ0n) is 31.1. The Balaban J connectivity index is 1.26. The number of hydrogen-bond donors (Lipinski definition) is 1. The third kappa shape index (κ3) is 8.05. The molecule has 6 rings (SSSR count). The van der Waals surface area contributed by atoms with E-state index < -0.39 is 44.2 Å². The van der Waals surface area contributed by atoms with Crippen LogP contribution in [-0.2, 0) is 41.6 Å². The predicted octanol–water partition coefficient (Wildman–Crippen LogP) is 7.36. The summed E-state index contributed by atoms with van der Waals surface area (Å²) in [5.74, 6) is -0.302. The summed E-state index contributed by atoms with van der Waals surface area (Å²) in [7, 11) is -6.94. The molecular weight excluding hydrogens is 731 g/mol. The summed E-state index contributed by atoms with van der Waals surface area (Å²) in [5.41, 5.74) is 2.11. The van der Waals surface area contributed by atoms with Crippen LogP contribution in [0.5, 0.6) is 6.01 Å². The largest absolute Gasteiger partial charge is 0.456 e. The Labute approximate surface area is 308 Å². The number of anilines is 1. The SMILES string of the molecule is CCS(=O)(=O)c1cc(F)c2c(c1)CCC2Nc1nc2c(cc1Cl)nc(O[C@@H]1CO[C@H]3[C@@H]1OC[C@H]3O[Si](C)(C)C(C)(C)C)n2COCC[Si](C)(C)C. The number of aryl methyl sites for hydroxylation is 1. The van der Waals surface area contributed by atoms with Gasteiger partial charge in [0.05, 0.1) is 41.0 Å². The van der Waals surface area contributed by atoms with Crippen molar-refractivity contribution in [2.75, 3.05) is 30.9 Å². The lowest BCUT2D eigenvalue weighted by Crippen LogP contribution is -2.47. The van der Waals surface area contributed by atoms with Crippen LogP contribution in [0.3, 0.4) is 0 Å². The van der Waals surface area contributed by atoms with E-state index in [1.54, 1.807) is 23.6 Å². The average Bonchev–Trinajstić information content (AvgIpc) is 3.80. The molecule has 11 nitrogen and oxygen atoms in total. The summed E-state index contributed by atoms with van der Waals surface area (Å²) in [6.07, 6.45) is -0.0856. The Bertz CT molecular complexity index is 1880. The van der Waals surface area contributed by atoms with E-state index in [0.717, 1.165) is 12.1 Å². The van der Waals surface area contributed by atoms with Crippen molar-refractivity contribution >= 4 is 54.8 Å². The normalized spacial score (nSPS) is 23.9. The molecule has 2 saturated heterocycles. The quantitative estimate of drug-likeness (QED) is 0.139. The second-order valence-electron chi connectivity index (χ2n) is 16.6. The highest BCUT2D eigenvalue weighted by atomic mass is 35.5. The van der Waals surface area contributed by atoms with Crippen LogP contribution in [0.2, 0.25) is 48.8 Å². The van der Waals surface area contributed by atoms with Crippen LogP contribution in [0, 0.1) is 5.82 Å².